The first kappa shape index (κ1) is 17.2. The molecule has 0 radical (unpaired) electrons. The van der Waals surface area contributed by atoms with Gasteiger partial charge in [0.1, 0.15) is 0 Å². The van der Waals surface area contributed by atoms with Crippen LogP contribution in [0.15, 0.2) is 24.3 Å². The van der Waals surface area contributed by atoms with E-state index in [-0.39, 0.29) is 17.7 Å². The maximum absolute atomic E-state index is 12.4. The fraction of sp³-hybridized carbons (Fsp3) is 0.632. The summed E-state index contributed by atoms with van der Waals surface area (Å²) < 4.78 is 11.2. The lowest BCUT2D eigenvalue weighted by Crippen LogP contribution is -2.43. The second-order valence-corrected chi connectivity index (χ2v) is 7.69. The Morgan fingerprint density at radius 3 is 2.21 bits per heavy atom. The lowest BCUT2D eigenvalue weighted by Gasteiger charge is -2.33. The Kier molecular flexibility index (Phi) is 5.11. The van der Waals surface area contributed by atoms with Gasteiger partial charge in [-0.2, -0.15) is 0 Å². The standard InChI is InChI=1S/C19H28N2O3/c1-19(2,3)15-4-6-16(7-5-15)20-18(22)21-10-8-14(9-11-21)17-23-12-13-24-17/h4-7,14,17H,8-13H2,1-3H3,(H,20,22). The molecule has 132 valence electrons. The van der Waals surface area contributed by atoms with Crippen LogP contribution in [0.2, 0.25) is 0 Å². The molecular formula is C19H28N2O3. The number of anilines is 1. The first-order chi connectivity index (χ1) is 11.4. The van der Waals surface area contributed by atoms with E-state index in [1.807, 2.05) is 17.0 Å². The second kappa shape index (κ2) is 7.11. The Balaban J connectivity index is 1.50. The molecule has 0 aliphatic carbocycles. The fourth-order valence-corrected chi connectivity index (χ4v) is 3.28. The van der Waals surface area contributed by atoms with E-state index in [0.29, 0.717) is 19.1 Å². The number of likely N-dealkylation sites (tertiary alicyclic amines) is 1. The molecule has 2 heterocycles. The Bertz CT molecular complexity index is 551. The summed E-state index contributed by atoms with van der Waals surface area (Å²) in [6.45, 7) is 9.43. The van der Waals surface area contributed by atoms with Gasteiger partial charge in [0.05, 0.1) is 13.2 Å². The third-order valence-corrected chi connectivity index (χ3v) is 4.86. The molecule has 2 fully saturated rings. The van der Waals surface area contributed by atoms with Gasteiger partial charge >= 0.3 is 6.03 Å². The van der Waals surface area contributed by atoms with E-state index in [9.17, 15) is 4.79 Å². The summed E-state index contributed by atoms with van der Waals surface area (Å²) in [5.41, 5.74) is 2.23. The average molecular weight is 332 g/mol. The molecule has 2 saturated heterocycles. The van der Waals surface area contributed by atoms with Crippen molar-refractivity contribution < 1.29 is 14.3 Å². The van der Waals surface area contributed by atoms with E-state index < -0.39 is 0 Å². The molecule has 1 aromatic rings. The molecule has 2 amide bonds. The fourth-order valence-electron chi connectivity index (χ4n) is 3.28. The van der Waals surface area contributed by atoms with Crippen molar-refractivity contribution >= 4 is 11.7 Å². The van der Waals surface area contributed by atoms with Crippen LogP contribution in [0.5, 0.6) is 0 Å². The van der Waals surface area contributed by atoms with Crippen LogP contribution >= 0.6 is 0 Å². The quantitative estimate of drug-likeness (QED) is 0.900. The van der Waals surface area contributed by atoms with E-state index in [0.717, 1.165) is 31.6 Å². The van der Waals surface area contributed by atoms with Crippen molar-refractivity contribution in [2.75, 3.05) is 31.6 Å². The number of benzene rings is 1. The number of carbonyl (C=O) groups is 1. The minimum absolute atomic E-state index is 0.0229. The van der Waals surface area contributed by atoms with Gasteiger partial charge in [-0.05, 0) is 36.0 Å². The molecular weight excluding hydrogens is 304 g/mol. The van der Waals surface area contributed by atoms with Crippen LogP contribution in [-0.2, 0) is 14.9 Å². The minimum Gasteiger partial charge on any atom is -0.350 e. The highest BCUT2D eigenvalue weighted by Crippen LogP contribution is 2.27. The molecule has 1 N–H and O–H groups in total. The van der Waals surface area contributed by atoms with E-state index in [4.69, 9.17) is 9.47 Å². The van der Waals surface area contributed by atoms with Gasteiger partial charge in [-0.15, -0.1) is 0 Å². The number of hydrogen-bond donors (Lipinski definition) is 1. The average Bonchev–Trinajstić information content (AvgIpc) is 3.09. The van der Waals surface area contributed by atoms with Crippen molar-refractivity contribution in [2.24, 2.45) is 5.92 Å². The Hall–Kier alpha value is -1.59. The highest BCUT2D eigenvalue weighted by atomic mass is 16.7. The topological polar surface area (TPSA) is 50.8 Å². The zero-order valence-electron chi connectivity index (χ0n) is 14.9. The van der Waals surface area contributed by atoms with Crippen LogP contribution in [0.1, 0.15) is 39.2 Å². The maximum atomic E-state index is 12.4. The normalized spacial score (nSPS) is 20.4. The highest BCUT2D eigenvalue weighted by molar-refractivity contribution is 5.89. The van der Waals surface area contributed by atoms with E-state index in [2.05, 4.69) is 38.2 Å². The van der Waals surface area contributed by atoms with Crippen molar-refractivity contribution in [1.82, 2.24) is 4.90 Å². The Morgan fingerprint density at radius 1 is 1.08 bits per heavy atom. The van der Waals surface area contributed by atoms with Crippen LogP contribution in [0.4, 0.5) is 10.5 Å². The number of amides is 2. The van der Waals surface area contributed by atoms with Crippen molar-refractivity contribution in [2.45, 2.75) is 45.3 Å². The number of urea groups is 1. The molecule has 0 spiro atoms. The first-order valence-electron chi connectivity index (χ1n) is 8.83. The van der Waals surface area contributed by atoms with Gasteiger partial charge < -0.3 is 19.7 Å². The van der Waals surface area contributed by atoms with Crippen molar-refractivity contribution in [3.8, 4) is 0 Å². The van der Waals surface area contributed by atoms with Crippen LogP contribution < -0.4 is 5.32 Å². The summed E-state index contributed by atoms with van der Waals surface area (Å²) >= 11 is 0. The predicted molar refractivity (Wildman–Crippen MR) is 94.1 cm³/mol. The number of hydrogen-bond acceptors (Lipinski definition) is 3. The van der Waals surface area contributed by atoms with Gasteiger partial charge in [0.2, 0.25) is 0 Å². The number of carbonyl (C=O) groups excluding carboxylic acids is 1. The van der Waals surface area contributed by atoms with Gasteiger partial charge in [-0.1, -0.05) is 32.9 Å². The van der Waals surface area contributed by atoms with Gasteiger partial charge in [-0.25, -0.2) is 4.79 Å². The number of nitrogens with one attached hydrogen (secondary N) is 1. The lowest BCUT2D eigenvalue weighted by molar-refractivity contribution is -0.0950. The monoisotopic (exact) mass is 332 g/mol. The SMILES string of the molecule is CC(C)(C)c1ccc(NC(=O)N2CCC(C3OCCO3)CC2)cc1. The first-order valence-corrected chi connectivity index (χ1v) is 8.83. The maximum Gasteiger partial charge on any atom is 0.321 e. The molecule has 0 saturated carbocycles. The molecule has 5 nitrogen and oxygen atoms in total. The molecule has 5 heteroatoms. The molecule has 0 bridgehead atoms. The third kappa shape index (κ3) is 4.08. The zero-order valence-corrected chi connectivity index (χ0v) is 14.9. The summed E-state index contributed by atoms with van der Waals surface area (Å²) in [6, 6.07) is 8.09. The number of nitrogens with zero attached hydrogens (tertiary/aromatic N) is 1. The van der Waals surface area contributed by atoms with Gasteiger partial charge in [0.25, 0.3) is 0 Å². The molecule has 3 rings (SSSR count). The number of piperidine rings is 1. The molecule has 0 aromatic heterocycles. The number of ether oxygens (including phenoxy) is 2. The van der Waals surface area contributed by atoms with E-state index >= 15 is 0 Å². The van der Waals surface area contributed by atoms with Gasteiger partial charge in [0, 0.05) is 24.7 Å². The Labute approximate surface area is 144 Å². The summed E-state index contributed by atoms with van der Waals surface area (Å²) in [5, 5.41) is 3.00. The van der Waals surface area contributed by atoms with Crippen molar-refractivity contribution in [3.63, 3.8) is 0 Å². The van der Waals surface area contributed by atoms with E-state index in [1.165, 1.54) is 5.56 Å². The summed E-state index contributed by atoms with van der Waals surface area (Å²) in [4.78, 5) is 14.3. The van der Waals surface area contributed by atoms with Crippen molar-refractivity contribution in [3.05, 3.63) is 29.8 Å². The third-order valence-electron chi connectivity index (χ3n) is 4.86. The minimum atomic E-state index is -0.0693. The van der Waals surface area contributed by atoms with Gasteiger partial charge in [0.15, 0.2) is 6.29 Å². The summed E-state index contributed by atoms with van der Waals surface area (Å²) in [5.74, 6) is 0.405. The number of rotatable bonds is 2. The van der Waals surface area contributed by atoms with Crippen LogP contribution in [0, 0.1) is 5.92 Å². The molecule has 0 unspecified atom stereocenters. The lowest BCUT2D eigenvalue weighted by atomic mass is 9.87. The van der Waals surface area contributed by atoms with Crippen LogP contribution in [-0.4, -0.2) is 43.5 Å². The second-order valence-electron chi connectivity index (χ2n) is 7.69. The molecule has 2 aliphatic rings. The highest BCUT2D eigenvalue weighted by Gasteiger charge is 2.31. The largest absolute Gasteiger partial charge is 0.350 e. The van der Waals surface area contributed by atoms with Crippen LogP contribution in [0.25, 0.3) is 0 Å². The van der Waals surface area contributed by atoms with Crippen LogP contribution in [0.3, 0.4) is 0 Å². The molecule has 1 aromatic carbocycles. The molecule has 0 atom stereocenters. The van der Waals surface area contributed by atoms with Gasteiger partial charge in [-0.3, -0.25) is 0 Å². The predicted octanol–water partition coefficient (Wildman–Crippen LogP) is 3.60. The van der Waals surface area contributed by atoms with Crippen molar-refractivity contribution in [1.29, 1.82) is 0 Å². The Morgan fingerprint density at radius 2 is 1.67 bits per heavy atom. The molecule has 24 heavy (non-hydrogen) atoms. The summed E-state index contributed by atoms with van der Waals surface area (Å²) in [7, 11) is 0. The van der Waals surface area contributed by atoms with E-state index in [1.54, 1.807) is 0 Å². The summed E-state index contributed by atoms with van der Waals surface area (Å²) in [6.07, 6.45) is 1.79. The zero-order chi connectivity index (χ0) is 17.2. The molecule has 2 aliphatic heterocycles. The smallest absolute Gasteiger partial charge is 0.321 e.